The van der Waals surface area contributed by atoms with Gasteiger partial charge in [0.05, 0.1) is 11.3 Å². The molecule has 0 fully saturated rings. The Morgan fingerprint density at radius 3 is 2.54 bits per heavy atom. The summed E-state index contributed by atoms with van der Waals surface area (Å²) in [6, 6.07) is 16.4. The molecular weight excluding hydrogens is 344 g/mol. The van der Waals surface area contributed by atoms with Crippen molar-refractivity contribution in [3.63, 3.8) is 0 Å². The van der Waals surface area contributed by atoms with Gasteiger partial charge in [0.1, 0.15) is 0 Å². The van der Waals surface area contributed by atoms with Gasteiger partial charge < -0.3 is 5.32 Å². The molecule has 5 nitrogen and oxygen atoms in total. The largest absolute Gasteiger partial charge is 0.325 e. The van der Waals surface area contributed by atoms with Crippen molar-refractivity contribution in [2.45, 2.75) is 31.1 Å². The van der Waals surface area contributed by atoms with Crippen molar-refractivity contribution in [1.82, 2.24) is 10.1 Å². The summed E-state index contributed by atoms with van der Waals surface area (Å²) in [6.07, 6.45) is 1.68. The van der Waals surface area contributed by atoms with Crippen LogP contribution in [0.1, 0.15) is 37.1 Å². The summed E-state index contributed by atoms with van der Waals surface area (Å²) in [6.45, 7) is 4.36. The van der Waals surface area contributed by atoms with Gasteiger partial charge in [0.25, 0.3) is 6.17 Å². The maximum absolute atomic E-state index is 12.8. The number of hydrogen-bond acceptors (Lipinski definition) is 4. The van der Waals surface area contributed by atoms with E-state index in [0.717, 1.165) is 16.8 Å². The number of aromatic amines is 1. The zero-order valence-electron chi connectivity index (χ0n) is 15.0. The predicted molar refractivity (Wildman–Crippen MR) is 105 cm³/mol. The molecule has 0 bridgehead atoms. The Bertz CT molecular complexity index is 1010. The SMILES string of the molecule is CSc1n[n+]2c(c(=O)[nH]1)-c1ccccc1N[C@@H]2c1ccc(C(C)C)cc1. The first-order valence-corrected chi connectivity index (χ1v) is 9.87. The highest BCUT2D eigenvalue weighted by atomic mass is 32.2. The number of nitrogens with zero attached hydrogens (tertiary/aromatic N) is 2. The van der Waals surface area contributed by atoms with E-state index in [0.29, 0.717) is 16.8 Å². The number of nitrogens with one attached hydrogen (secondary N) is 2. The molecule has 0 saturated carbocycles. The van der Waals surface area contributed by atoms with Crippen LogP contribution in [0.2, 0.25) is 0 Å². The van der Waals surface area contributed by atoms with Crippen LogP contribution in [0, 0.1) is 0 Å². The smallest absolute Gasteiger partial charge is 0.321 e. The van der Waals surface area contributed by atoms with E-state index in [4.69, 9.17) is 0 Å². The van der Waals surface area contributed by atoms with Crippen LogP contribution in [-0.2, 0) is 0 Å². The summed E-state index contributed by atoms with van der Waals surface area (Å²) in [7, 11) is 0. The topological polar surface area (TPSA) is 61.7 Å². The summed E-state index contributed by atoms with van der Waals surface area (Å²) in [4.78, 5) is 15.6. The van der Waals surface area contributed by atoms with Crippen molar-refractivity contribution < 1.29 is 4.68 Å². The van der Waals surface area contributed by atoms with Gasteiger partial charge in [0, 0.05) is 10.7 Å². The van der Waals surface area contributed by atoms with Crippen LogP contribution in [0.25, 0.3) is 11.3 Å². The molecule has 0 aliphatic carbocycles. The molecule has 3 aromatic rings. The first kappa shape index (κ1) is 16.8. The number of hydrogen-bond donors (Lipinski definition) is 2. The van der Waals surface area contributed by atoms with Gasteiger partial charge >= 0.3 is 11.3 Å². The van der Waals surface area contributed by atoms with Crippen molar-refractivity contribution in [2.75, 3.05) is 11.6 Å². The third-order valence-corrected chi connectivity index (χ3v) is 5.26. The van der Waals surface area contributed by atoms with Crippen molar-refractivity contribution in [3.05, 3.63) is 70.0 Å². The Hall–Kier alpha value is -2.60. The predicted octanol–water partition coefficient (Wildman–Crippen LogP) is 3.54. The molecule has 1 aliphatic rings. The molecular formula is C20H21N4OS+. The van der Waals surface area contributed by atoms with Gasteiger partial charge in [-0.2, -0.15) is 0 Å². The molecule has 0 unspecified atom stereocenters. The van der Waals surface area contributed by atoms with E-state index in [1.165, 1.54) is 17.3 Å². The molecule has 2 aromatic carbocycles. The minimum Gasteiger partial charge on any atom is -0.321 e. The second-order valence-electron chi connectivity index (χ2n) is 6.67. The quantitative estimate of drug-likeness (QED) is 0.550. The Labute approximate surface area is 156 Å². The first-order chi connectivity index (χ1) is 12.6. The summed E-state index contributed by atoms with van der Waals surface area (Å²) >= 11 is 1.43. The second kappa shape index (κ2) is 6.61. The van der Waals surface area contributed by atoms with Crippen molar-refractivity contribution in [2.24, 2.45) is 0 Å². The molecule has 0 radical (unpaired) electrons. The number of aromatic nitrogens is 3. The third-order valence-electron chi connectivity index (χ3n) is 4.69. The Morgan fingerprint density at radius 2 is 1.85 bits per heavy atom. The van der Waals surface area contributed by atoms with Crippen LogP contribution < -0.4 is 15.6 Å². The number of para-hydroxylation sites is 1. The molecule has 0 saturated heterocycles. The number of rotatable bonds is 3. The van der Waals surface area contributed by atoms with E-state index in [9.17, 15) is 4.79 Å². The van der Waals surface area contributed by atoms with Gasteiger partial charge in [-0.25, -0.2) is 0 Å². The number of benzene rings is 2. The number of anilines is 1. The van der Waals surface area contributed by atoms with Gasteiger partial charge in [-0.1, -0.05) is 49.9 Å². The zero-order valence-corrected chi connectivity index (χ0v) is 15.8. The summed E-state index contributed by atoms with van der Waals surface area (Å²) in [5, 5.41) is 8.80. The molecule has 2 N–H and O–H groups in total. The number of thioether (sulfide) groups is 1. The van der Waals surface area contributed by atoms with Crippen LogP contribution >= 0.6 is 11.8 Å². The fourth-order valence-electron chi connectivity index (χ4n) is 3.27. The highest BCUT2D eigenvalue weighted by Crippen LogP contribution is 2.31. The minimum atomic E-state index is -0.227. The van der Waals surface area contributed by atoms with Gasteiger partial charge in [0.15, 0.2) is 0 Å². The van der Waals surface area contributed by atoms with E-state index < -0.39 is 0 Å². The third kappa shape index (κ3) is 2.80. The fourth-order valence-corrected chi connectivity index (χ4v) is 3.63. The van der Waals surface area contributed by atoms with E-state index in [1.807, 2.05) is 30.5 Å². The fraction of sp³-hybridized carbons (Fsp3) is 0.250. The van der Waals surface area contributed by atoms with E-state index in [2.05, 4.69) is 53.5 Å². The van der Waals surface area contributed by atoms with Crippen molar-refractivity contribution in [3.8, 4) is 11.3 Å². The normalized spacial score (nSPS) is 15.3. The molecule has 1 aliphatic heterocycles. The molecule has 1 aromatic heterocycles. The lowest BCUT2D eigenvalue weighted by Crippen LogP contribution is -2.55. The zero-order chi connectivity index (χ0) is 18.3. The molecule has 26 heavy (non-hydrogen) atoms. The summed E-state index contributed by atoms with van der Waals surface area (Å²) in [5.74, 6) is 0.480. The summed E-state index contributed by atoms with van der Waals surface area (Å²) in [5.41, 5.74) is 4.62. The summed E-state index contributed by atoms with van der Waals surface area (Å²) < 4.78 is 1.80. The maximum Gasteiger partial charge on any atom is 0.325 e. The molecule has 2 heterocycles. The number of fused-ring (bicyclic) bond motifs is 3. The van der Waals surface area contributed by atoms with Crippen molar-refractivity contribution >= 4 is 17.4 Å². The average Bonchev–Trinajstić information content (AvgIpc) is 2.67. The molecule has 0 spiro atoms. The van der Waals surface area contributed by atoms with Gasteiger partial charge in [0.2, 0.25) is 5.16 Å². The Morgan fingerprint density at radius 1 is 1.12 bits per heavy atom. The molecule has 6 heteroatoms. The lowest BCUT2D eigenvalue weighted by molar-refractivity contribution is -0.759. The van der Waals surface area contributed by atoms with Crippen LogP contribution in [0.4, 0.5) is 5.69 Å². The minimum absolute atomic E-state index is 0.123. The first-order valence-electron chi connectivity index (χ1n) is 8.64. The molecule has 1 atom stereocenters. The lowest BCUT2D eigenvalue weighted by Gasteiger charge is -2.22. The van der Waals surface area contributed by atoms with Crippen LogP contribution in [0.5, 0.6) is 0 Å². The van der Waals surface area contributed by atoms with Gasteiger partial charge in [-0.05, 0) is 46.7 Å². The second-order valence-corrected chi connectivity index (χ2v) is 7.47. The van der Waals surface area contributed by atoms with Crippen LogP contribution in [-0.4, -0.2) is 16.3 Å². The Balaban J connectivity index is 1.90. The lowest BCUT2D eigenvalue weighted by atomic mass is 9.99. The molecule has 4 rings (SSSR count). The maximum atomic E-state index is 12.8. The van der Waals surface area contributed by atoms with Crippen LogP contribution in [0.15, 0.2) is 58.5 Å². The van der Waals surface area contributed by atoms with E-state index >= 15 is 0 Å². The van der Waals surface area contributed by atoms with E-state index in [1.54, 1.807) is 4.68 Å². The van der Waals surface area contributed by atoms with E-state index in [-0.39, 0.29) is 11.7 Å². The van der Waals surface area contributed by atoms with Crippen LogP contribution in [0.3, 0.4) is 0 Å². The van der Waals surface area contributed by atoms with Gasteiger partial charge in [-0.3, -0.25) is 9.78 Å². The average molecular weight is 365 g/mol. The molecule has 0 amide bonds. The molecule has 132 valence electrons. The Kier molecular flexibility index (Phi) is 4.28. The highest BCUT2D eigenvalue weighted by Gasteiger charge is 2.37. The number of H-pyrrole nitrogens is 1. The monoisotopic (exact) mass is 365 g/mol. The van der Waals surface area contributed by atoms with Gasteiger partial charge in [-0.15, -0.1) is 0 Å². The van der Waals surface area contributed by atoms with Crippen molar-refractivity contribution in [1.29, 1.82) is 0 Å². The highest BCUT2D eigenvalue weighted by molar-refractivity contribution is 7.98. The standard InChI is InChI=1S/C20H20N4OS/c1-12(2)13-8-10-14(11-9-13)18-21-16-7-5-4-6-15(16)17-19(25)22-20(26-3)23-24(17)18/h4-12,18H,1-3H3,(H,22,23,25)/p+1/t18-/m0/s1.